The van der Waals surface area contributed by atoms with E-state index in [1.54, 1.807) is 6.20 Å². The van der Waals surface area contributed by atoms with E-state index in [1.807, 2.05) is 37.3 Å². The van der Waals surface area contributed by atoms with Gasteiger partial charge in [0.2, 0.25) is 5.95 Å². The first-order chi connectivity index (χ1) is 10.1. The largest absolute Gasteiger partial charge is 0.375 e. The number of rotatable bonds is 3. The van der Waals surface area contributed by atoms with Crippen LogP contribution in [0.1, 0.15) is 5.69 Å². The zero-order valence-corrected chi connectivity index (χ0v) is 13.6. The molecule has 21 heavy (non-hydrogen) atoms. The lowest BCUT2D eigenvalue weighted by Gasteiger charge is -2.06. The summed E-state index contributed by atoms with van der Waals surface area (Å²) >= 11 is 4.83. The fraction of sp³-hybridized carbons (Fsp3) is 0.0714. The van der Waals surface area contributed by atoms with Crippen molar-refractivity contribution in [2.45, 2.75) is 6.92 Å². The first kappa shape index (κ1) is 14.0. The summed E-state index contributed by atoms with van der Waals surface area (Å²) in [5.74, 6) is 0.543. The minimum atomic E-state index is 0.543. The summed E-state index contributed by atoms with van der Waals surface area (Å²) in [7, 11) is 0. The van der Waals surface area contributed by atoms with Gasteiger partial charge < -0.3 is 11.1 Å². The normalized spacial score (nSPS) is 10.6. The number of nitrogens with zero attached hydrogens (tertiary/aromatic N) is 3. The third-order valence-corrected chi connectivity index (χ3v) is 4.34. The van der Waals surface area contributed by atoms with Crippen LogP contribution in [0.5, 0.6) is 0 Å². The predicted octanol–water partition coefficient (Wildman–Crippen LogP) is 4.00. The Labute approximate surface area is 134 Å². The molecule has 0 aliphatic rings. The molecule has 0 aliphatic carbocycles. The van der Waals surface area contributed by atoms with Gasteiger partial charge in [0.15, 0.2) is 5.13 Å². The number of nitrogen functional groups attached to an aromatic ring is 1. The van der Waals surface area contributed by atoms with Gasteiger partial charge in [0.05, 0.1) is 16.3 Å². The van der Waals surface area contributed by atoms with Crippen LogP contribution in [0.15, 0.2) is 41.0 Å². The van der Waals surface area contributed by atoms with E-state index in [1.165, 1.54) is 11.3 Å². The summed E-state index contributed by atoms with van der Waals surface area (Å²) in [6, 6.07) is 9.68. The smallest absolute Gasteiger partial charge is 0.227 e. The quantitative estimate of drug-likeness (QED) is 0.737. The highest BCUT2D eigenvalue weighted by Gasteiger charge is 2.10. The second-order valence-corrected chi connectivity index (χ2v) is 6.31. The van der Waals surface area contributed by atoms with Gasteiger partial charge in [0, 0.05) is 16.4 Å². The SMILES string of the molecule is Cc1nc(N)sc1-c1ccnc(Nc2ccc(Br)cc2)n1. The minimum Gasteiger partial charge on any atom is -0.375 e. The lowest BCUT2D eigenvalue weighted by Crippen LogP contribution is -1.97. The first-order valence-corrected chi connectivity index (χ1v) is 7.82. The van der Waals surface area contributed by atoms with E-state index < -0.39 is 0 Å². The Morgan fingerprint density at radius 3 is 2.57 bits per heavy atom. The molecule has 0 bridgehead atoms. The highest BCUT2D eigenvalue weighted by molar-refractivity contribution is 9.10. The molecule has 1 aromatic carbocycles. The number of hydrogen-bond acceptors (Lipinski definition) is 6. The molecule has 0 unspecified atom stereocenters. The Balaban J connectivity index is 1.89. The van der Waals surface area contributed by atoms with Crippen molar-refractivity contribution in [1.29, 1.82) is 0 Å². The summed E-state index contributed by atoms with van der Waals surface area (Å²) in [4.78, 5) is 13.9. The standard InChI is InChI=1S/C14H12BrN5S/c1-8-12(21-13(16)18-8)11-6-7-17-14(20-11)19-10-4-2-9(15)3-5-10/h2-7H,1H3,(H2,16,18)(H,17,19,20). The monoisotopic (exact) mass is 361 g/mol. The summed E-state index contributed by atoms with van der Waals surface area (Å²) in [6.07, 6.45) is 1.72. The molecule has 7 heteroatoms. The lowest BCUT2D eigenvalue weighted by atomic mass is 10.3. The van der Waals surface area contributed by atoms with Gasteiger partial charge in [-0.15, -0.1) is 0 Å². The number of hydrogen-bond donors (Lipinski definition) is 2. The maximum Gasteiger partial charge on any atom is 0.227 e. The molecule has 0 fully saturated rings. The van der Waals surface area contributed by atoms with E-state index in [-0.39, 0.29) is 0 Å². The van der Waals surface area contributed by atoms with Crippen LogP contribution < -0.4 is 11.1 Å². The van der Waals surface area contributed by atoms with Crippen molar-refractivity contribution < 1.29 is 0 Å². The Morgan fingerprint density at radius 1 is 1.14 bits per heavy atom. The fourth-order valence-corrected chi connectivity index (χ4v) is 2.93. The summed E-state index contributed by atoms with van der Waals surface area (Å²) in [5, 5.41) is 3.72. The van der Waals surface area contributed by atoms with Crippen molar-refractivity contribution in [3.05, 3.63) is 46.7 Å². The molecular weight excluding hydrogens is 350 g/mol. The topological polar surface area (TPSA) is 76.7 Å². The van der Waals surface area contributed by atoms with Crippen molar-refractivity contribution in [3.8, 4) is 10.6 Å². The molecule has 3 aromatic rings. The second kappa shape index (κ2) is 5.79. The number of thiazole rings is 1. The predicted molar refractivity (Wildman–Crippen MR) is 89.7 cm³/mol. The highest BCUT2D eigenvalue weighted by atomic mass is 79.9. The Morgan fingerprint density at radius 2 is 1.90 bits per heavy atom. The zero-order valence-electron chi connectivity index (χ0n) is 11.2. The Hall–Kier alpha value is -1.99. The van der Waals surface area contributed by atoms with Crippen LogP contribution in [0.3, 0.4) is 0 Å². The Kier molecular flexibility index (Phi) is 3.85. The molecule has 0 saturated heterocycles. The van der Waals surface area contributed by atoms with Crippen LogP contribution >= 0.6 is 27.3 Å². The van der Waals surface area contributed by atoms with Gasteiger partial charge in [-0.3, -0.25) is 0 Å². The number of aromatic nitrogens is 3. The van der Waals surface area contributed by atoms with Gasteiger partial charge in [0.1, 0.15) is 0 Å². The summed E-state index contributed by atoms with van der Waals surface area (Å²) in [5.41, 5.74) is 8.36. The van der Waals surface area contributed by atoms with Gasteiger partial charge >= 0.3 is 0 Å². The fourth-order valence-electron chi connectivity index (χ4n) is 1.86. The second-order valence-electron chi connectivity index (χ2n) is 4.36. The highest BCUT2D eigenvalue weighted by Crippen LogP contribution is 2.30. The lowest BCUT2D eigenvalue weighted by molar-refractivity contribution is 1.16. The van der Waals surface area contributed by atoms with E-state index >= 15 is 0 Å². The van der Waals surface area contributed by atoms with Crippen molar-refractivity contribution in [3.63, 3.8) is 0 Å². The Bertz CT molecular complexity index is 769. The molecule has 0 atom stereocenters. The van der Waals surface area contributed by atoms with Gasteiger partial charge in [-0.05, 0) is 37.3 Å². The number of aryl methyl sites for hydroxylation is 1. The molecule has 0 radical (unpaired) electrons. The van der Waals surface area contributed by atoms with Crippen molar-refractivity contribution in [1.82, 2.24) is 15.0 Å². The van der Waals surface area contributed by atoms with Crippen LogP contribution in [0.2, 0.25) is 0 Å². The molecule has 0 aliphatic heterocycles. The molecular formula is C14H12BrN5S. The maximum atomic E-state index is 5.74. The molecule has 3 N–H and O–H groups in total. The van der Waals surface area contributed by atoms with Crippen LogP contribution in [0.4, 0.5) is 16.8 Å². The van der Waals surface area contributed by atoms with E-state index in [0.717, 1.165) is 26.4 Å². The van der Waals surface area contributed by atoms with E-state index in [9.17, 15) is 0 Å². The van der Waals surface area contributed by atoms with Crippen molar-refractivity contribution >= 4 is 44.0 Å². The first-order valence-electron chi connectivity index (χ1n) is 6.21. The molecule has 3 rings (SSSR count). The summed E-state index contributed by atoms with van der Waals surface area (Å²) < 4.78 is 1.03. The van der Waals surface area contributed by atoms with E-state index in [2.05, 4.69) is 36.2 Å². The number of nitrogens with one attached hydrogen (secondary N) is 1. The third-order valence-electron chi connectivity index (χ3n) is 2.80. The number of halogens is 1. The van der Waals surface area contributed by atoms with Gasteiger partial charge in [-0.1, -0.05) is 27.3 Å². The average Bonchev–Trinajstić information content (AvgIpc) is 2.81. The molecule has 0 amide bonds. The number of benzene rings is 1. The minimum absolute atomic E-state index is 0.543. The maximum absolute atomic E-state index is 5.74. The molecule has 0 spiro atoms. The van der Waals surface area contributed by atoms with E-state index in [0.29, 0.717) is 11.1 Å². The van der Waals surface area contributed by atoms with Crippen LogP contribution in [-0.4, -0.2) is 15.0 Å². The van der Waals surface area contributed by atoms with Gasteiger partial charge in [0.25, 0.3) is 0 Å². The van der Waals surface area contributed by atoms with Crippen molar-refractivity contribution in [2.75, 3.05) is 11.1 Å². The van der Waals surface area contributed by atoms with E-state index in [4.69, 9.17) is 5.73 Å². The molecule has 5 nitrogen and oxygen atoms in total. The van der Waals surface area contributed by atoms with Crippen LogP contribution in [0, 0.1) is 6.92 Å². The molecule has 2 aromatic heterocycles. The van der Waals surface area contributed by atoms with Gasteiger partial charge in [-0.25, -0.2) is 15.0 Å². The summed E-state index contributed by atoms with van der Waals surface area (Å²) in [6.45, 7) is 1.92. The molecule has 0 saturated carbocycles. The molecule has 106 valence electrons. The third kappa shape index (κ3) is 3.20. The number of anilines is 3. The number of nitrogens with two attached hydrogens (primary N) is 1. The van der Waals surface area contributed by atoms with Gasteiger partial charge in [-0.2, -0.15) is 0 Å². The van der Waals surface area contributed by atoms with Crippen molar-refractivity contribution in [2.24, 2.45) is 0 Å². The van der Waals surface area contributed by atoms with Crippen LogP contribution in [0.25, 0.3) is 10.6 Å². The zero-order chi connectivity index (χ0) is 14.8. The van der Waals surface area contributed by atoms with Crippen LogP contribution in [-0.2, 0) is 0 Å². The average molecular weight is 362 g/mol. The molecule has 2 heterocycles.